The highest BCUT2D eigenvalue weighted by Gasteiger charge is 2.30. The van der Waals surface area contributed by atoms with Crippen molar-refractivity contribution in [2.24, 2.45) is 11.7 Å². The van der Waals surface area contributed by atoms with Gasteiger partial charge in [0.25, 0.3) is 5.91 Å². The van der Waals surface area contributed by atoms with Crippen molar-refractivity contribution in [3.63, 3.8) is 0 Å². The molecule has 1 saturated heterocycles. The Kier molecular flexibility index (Phi) is 3.95. The molecule has 0 saturated carbocycles. The smallest absolute Gasteiger partial charge is 0.264 e. The van der Waals surface area contributed by atoms with Gasteiger partial charge in [0, 0.05) is 23.8 Å². The van der Waals surface area contributed by atoms with Gasteiger partial charge in [0.05, 0.1) is 4.88 Å². The summed E-state index contributed by atoms with van der Waals surface area (Å²) < 4.78 is 14.1. The van der Waals surface area contributed by atoms with E-state index in [1.54, 1.807) is 6.07 Å². The molecule has 2 heterocycles. The fourth-order valence-electron chi connectivity index (χ4n) is 2.99. The Morgan fingerprint density at radius 2 is 2.29 bits per heavy atom. The quantitative estimate of drug-likeness (QED) is 0.926. The van der Waals surface area contributed by atoms with Crippen molar-refractivity contribution in [1.82, 2.24) is 4.90 Å². The predicted molar refractivity (Wildman–Crippen MR) is 84.1 cm³/mol. The van der Waals surface area contributed by atoms with E-state index in [0.29, 0.717) is 17.3 Å². The van der Waals surface area contributed by atoms with Gasteiger partial charge in [-0.05, 0) is 42.3 Å². The van der Waals surface area contributed by atoms with Gasteiger partial charge in [0.2, 0.25) is 0 Å². The SMILES string of the molecule is CC1CCN(C(=O)c2cc3ccc(F)cc3s2)C(CN)C1. The van der Waals surface area contributed by atoms with Crippen LogP contribution in [-0.4, -0.2) is 29.9 Å². The zero-order valence-electron chi connectivity index (χ0n) is 12.0. The molecule has 2 unspecified atom stereocenters. The fourth-order valence-corrected chi connectivity index (χ4v) is 4.04. The number of hydrogen-bond acceptors (Lipinski definition) is 3. The zero-order valence-corrected chi connectivity index (χ0v) is 12.8. The lowest BCUT2D eigenvalue weighted by atomic mass is 9.92. The topological polar surface area (TPSA) is 46.3 Å². The number of carbonyl (C=O) groups excluding carboxylic acids is 1. The number of rotatable bonds is 2. The zero-order chi connectivity index (χ0) is 15.0. The minimum absolute atomic E-state index is 0.0268. The van der Waals surface area contributed by atoms with Gasteiger partial charge >= 0.3 is 0 Å². The summed E-state index contributed by atoms with van der Waals surface area (Å²) in [6.45, 7) is 3.45. The third-order valence-corrected chi connectivity index (χ3v) is 5.29. The first-order valence-electron chi connectivity index (χ1n) is 7.28. The van der Waals surface area contributed by atoms with Crippen LogP contribution in [-0.2, 0) is 0 Å². The average molecular weight is 306 g/mol. The van der Waals surface area contributed by atoms with E-state index in [0.717, 1.165) is 29.5 Å². The number of nitrogens with zero attached hydrogens (tertiary/aromatic N) is 1. The van der Waals surface area contributed by atoms with Crippen molar-refractivity contribution in [1.29, 1.82) is 0 Å². The van der Waals surface area contributed by atoms with Crippen molar-refractivity contribution in [3.05, 3.63) is 35.0 Å². The molecule has 3 nitrogen and oxygen atoms in total. The average Bonchev–Trinajstić information content (AvgIpc) is 2.89. The molecule has 0 spiro atoms. The molecule has 1 aliphatic heterocycles. The van der Waals surface area contributed by atoms with Gasteiger partial charge in [0.15, 0.2) is 0 Å². The molecule has 0 bridgehead atoms. The number of fused-ring (bicyclic) bond motifs is 1. The molecule has 2 aromatic rings. The molecule has 2 atom stereocenters. The van der Waals surface area contributed by atoms with E-state index < -0.39 is 0 Å². The summed E-state index contributed by atoms with van der Waals surface area (Å²) in [6, 6.07) is 6.59. The van der Waals surface area contributed by atoms with Gasteiger partial charge in [-0.25, -0.2) is 4.39 Å². The van der Waals surface area contributed by atoms with E-state index in [9.17, 15) is 9.18 Å². The molecule has 21 heavy (non-hydrogen) atoms. The highest BCUT2D eigenvalue weighted by Crippen LogP contribution is 2.30. The Bertz CT molecular complexity index is 669. The Hall–Kier alpha value is -1.46. The summed E-state index contributed by atoms with van der Waals surface area (Å²) in [4.78, 5) is 15.3. The van der Waals surface area contributed by atoms with Crippen molar-refractivity contribution in [3.8, 4) is 0 Å². The van der Waals surface area contributed by atoms with E-state index in [4.69, 9.17) is 5.73 Å². The molecule has 1 aromatic heterocycles. The number of thiophene rings is 1. The van der Waals surface area contributed by atoms with Gasteiger partial charge in [-0.1, -0.05) is 13.0 Å². The van der Waals surface area contributed by atoms with Crippen LogP contribution in [0.3, 0.4) is 0 Å². The maximum atomic E-state index is 13.3. The lowest BCUT2D eigenvalue weighted by molar-refractivity contribution is 0.0579. The van der Waals surface area contributed by atoms with E-state index in [-0.39, 0.29) is 17.8 Å². The number of nitrogens with two attached hydrogens (primary N) is 1. The van der Waals surface area contributed by atoms with Crippen molar-refractivity contribution in [2.75, 3.05) is 13.1 Å². The molecule has 1 aliphatic rings. The largest absolute Gasteiger partial charge is 0.334 e. The lowest BCUT2D eigenvalue weighted by Gasteiger charge is -2.37. The Balaban J connectivity index is 1.88. The molecule has 1 aromatic carbocycles. The predicted octanol–water partition coefficient (Wildman–Crippen LogP) is 3.24. The van der Waals surface area contributed by atoms with Crippen molar-refractivity contribution >= 4 is 27.3 Å². The van der Waals surface area contributed by atoms with Crippen molar-refractivity contribution in [2.45, 2.75) is 25.8 Å². The molecule has 2 N–H and O–H groups in total. The second-order valence-corrected chi connectivity index (χ2v) is 6.89. The summed E-state index contributed by atoms with van der Waals surface area (Å²) in [6.07, 6.45) is 1.98. The van der Waals surface area contributed by atoms with Crippen LogP contribution >= 0.6 is 11.3 Å². The standard InChI is InChI=1S/C16H19FN2OS/c1-10-4-5-19(13(6-10)9-18)16(20)15-7-11-2-3-12(17)8-14(11)21-15/h2-3,7-8,10,13H,4-6,9,18H2,1H3. The number of benzene rings is 1. The first-order chi connectivity index (χ1) is 10.1. The van der Waals surface area contributed by atoms with Gasteiger partial charge in [-0.2, -0.15) is 0 Å². The highest BCUT2D eigenvalue weighted by atomic mass is 32.1. The van der Waals surface area contributed by atoms with E-state index >= 15 is 0 Å². The lowest BCUT2D eigenvalue weighted by Crippen LogP contribution is -2.49. The van der Waals surface area contributed by atoms with E-state index in [1.807, 2.05) is 11.0 Å². The summed E-state index contributed by atoms with van der Waals surface area (Å²) in [5, 5.41) is 0.916. The minimum atomic E-state index is -0.269. The number of piperidine rings is 1. The summed E-state index contributed by atoms with van der Waals surface area (Å²) in [7, 11) is 0. The van der Waals surface area contributed by atoms with Crippen LogP contribution in [0.25, 0.3) is 10.1 Å². The molecule has 0 aliphatic carbocycles. The molecule has 5 heteroatoms. The van der Waals surface area contributed by atoms with Crippen molar-refractivity contribution < 1.29 is 9.18 Å². The van der Waals surface area contributed by atoms with Crippen LogP contribution in [0.2, 0.25) is 0 Å². The summed E-state index contributed by atoms with van der Waals surface area (Å²) in [5.41, 5.74) is 5.83. The highest BCUT2D eigenvalue weighted by molar-refractivity contribution is 7.20. The number of halogens is 1. The molecule has 3 rings (SSSR count). The second-order valence-electron chi connectivity index (χ2n) is 5.81. The van der Waals surface area contributed by atoms with Gasteiger partial charge in [-0.3, -0.25) is 4.79 Å². The van der Waals surface area contributed by atoms with Gasteiger partial charge < -0.3 is 10.6 Å². The molecule has 1 amide bonds. The first kappa shape index (κ1) is 14.5. The molecular weight excluding hydrogens is 287 g/mol. The number of likely N-dealkylation sites (tertiary alicyclic amines) is 1. The normalized spacial score (nSPS) is 22.7. The van der Waals surface area contributed by atoms with E-state index in [2.05, 4.69) is 6.92 Å². The molecular formula is C16H19FN2OS. The number of amides is 1. The molecule has 112 valence electrons. The van der Waals surface area contributed by atoms with Crippen LogP contribution in [0.5, 0.6) is 0 Å². The van der Waals surface area contributed by atoms with E-state index in [1.165, 1.54) is 23.5 Å². The monoisotopic (exact) mass is 306 g/mol. The minimum Gasteiger partial charge on any atom is -0.334 e. The van der Waals surface area contributed by atoms with Gasteiger partial charge in [0.1, 0.15) is 5.82 Å². The first-order valence-corrected chi connectivity index (χ1v) is 8.10. The van der Waals surface area contributed by atoms with Crippen LogP contribution in [0.4, 0.5) is 4.39 Å². The number of carbonyl (C=O) groups is 1. The molecule has 1 fully saturated rings. The van der Waals surface area contributed by atoms with Crippen LogP contribution in [0, 0.1) is 11.7 Å². The fraction of sp³-hybridized carbons (Fsp3) is 0.438. The maximum absolute atomic E-state index is 13.3. The maximum Gasteiger partial charge on any atom is 0.264 e. The van der Waals surface area contributed by atoms with Crippen LogP contribution in [0.15, 0.2) is 24.3 Å². The second kappa shape index (κ2) is 5.73. The molecule has 0 radical (unpaired) electrons. The summed E-state index contributed by atoms with van der Waals surface area (Å²) in [5.74, 6) is 0.369. The Labute approximate surface area is 127 Å². The Morgan fingerprint density at radius 3 is 3.05 bits per heavy atom. The van der Waals surface area contributed by atoms with Crippen LogP contribution < -0.4 is 5.73 Å². The number of hydrogen-bond donors (Lipinski definition) is 1. The third-order valence-electron chi connectivity index (χ3n) is 4.20. The van der Waals surface area contributed by atoms with Gasteiger partial charge in [-0.15, -0.1) is 11.3 Å². The summed E-state index contributed by atoms with van der Waals surface area (Å²) >= 11 is 1.35. The van der Waals surface area contributed by atoms with Crippen LogP contribution in [0.1, 0.15) is 29.4 Å². The Morgan fingerprint density at radius 1 is 1.48 bits per heavy atom. The third kappa shape index (κ3) is 2.80.